The maximum Gasteiger partial charge on any atom is 0.129 e. The topological polar surface area (TPSA) is 93.0 Å². The second-order valence-corrected chi connectivity index (χ2v) is 4.32. The van der Waals surface area contributed by atoms with Gasteiger partial charge >= 0.3 is 0 Å². The zero-order chi connectivity index (χ0) is 14.5. The standard InChI is InChI=1S/C12H17F2NO4/c13-8-1-2-10(14)9(3-8)11(19)4-15-12(5-16,6-17)7-18/h1-3,11,15-19H,4-7H2. The molecule has 1 atom stereocenters. The second kappa shape index (κ2) is 6.88. The van der Waals surface area contributed by atoms with Crippen molar-refractivity contribution in [3.05, 3.63) is 35.4 Å². The number of β-amino-alcohol motifs (C(OH)–C–C–N with tert-alkyl or cyclic N) is 1. The van der Waals surface area contributed by atoms with E-state index in [4.69, 9.17) is 15.3 Å². The fraction of sp³-hybridized carbons (Fsp3) is 0.500. The van der Waals surface area contributed by atoms with Gasteiger partial charge in [-0.1, -0.05) is 0 Å². The molecule has 0 heterocycles. The normalized spacial score (nSPS) is 13.6. The average Bonchev–Trinajstić information content (AvgIpc) is 2.43. The van der Waals surface area contributed by atoms with Crippen molar-refractivity contribution in [2.75, 3.05) is 26.4 Å². The largest absolute Gasteiger partial charge is 0.394 e. The number of benzene rings is 1. The first kappa shape index (κ1) is 15.9. The zero-order valence-electron chi connectivity index (χ0n) is 10.2. The number of aliphatic hydroxyl groups is 4. The molecule has 0 aliphatic carbocycles. The van der Waals surface area contributed by atoms with Crippen molar-refractivity contribution in [2.24, 2.45) is 0 Å². The second-order valence-electron chi connectivity index (χ2n) is 4.32. The fourth-order valence-corrected chi connectivity index (χ4v) is 1.51. The Morgan fingerprint density at radius 2 is 1.68 bits per heavy atom. The third kappa shape index (κ3) is 3.92. The molecule has 108 valence electrons. The molecule has 0 aromatic heterocycles. The summed E-state index contributed by atoms with van der Waals surface area (Å²) in [6.07, 6.45) is -1.38. The van der Waals surface area contributed by atoms with Gasteiger partial charge in [-0.3, -0.25) is 0 Å². The minimum atomic E-state index is -1.38. The Bertz CT molecular complexity index is 404. The lowest BCUT2D eigenvalue weighted by molar-refractivity contribution is 0.0318. The molecule has 5 nitrogen and oxygen atoms in total. The smallest absolute Gasteiger partial charge is 0.129 e. The molecule has 0 aliphatic rings. The van der Waals surface area contributed by atoms with Crippen LogP contribution in [0.5, 0.6) is 0 Å². The van der Waals surface area contributed by atoms with E-state index in [9.17, 15) is 13.9 Å². The molecule has 0 saturated carbocycles. The predicted octanol–water partition coefficient (Wildman–Crippen LogP) is -0.697. The Morgan fingerprint density at radius 3 is 2.21 bits per heavy atom. The zero-order valence-corrected chi connectivity index (χ0v) is 10.2. The molecule has 19 heavy (non-hydrogen) atoms. The molecule has 0 bridgehead atoms. The van der Waals surface area contributed by atoms with Gasteiger partial charge in [0.1, 0.15) is 11.6 Å². The monoisotopic (exact) mass is 277 g/mol. The number of hydrogen-bond donors (Lipinski definition) is 5. The Hall–Kier alpha value is -1.12. The molecule has 1 rings (SSSR count). The molecule has 0 saturated heterocycles. The molecule has 0 fully saturated rings. The van der Waals surface area contributed by atoms with Crippen molar-refractivity contribution < 1.29 is 29.2 Å². The quantitative estimate of drug-likeness (QED) is 0.455. The van der Waals surface area contributed by atoms with Gasteiger partial charge in [-0.25, -0.2) is 8.78 Å². The van der Waals surface area contributed by atoms with Gasteiger partial charge in [-0.2, -0.15) is 0 Å². The third-order valence-electron chi connectivity index (χ3n) is 2.90. The van der Waals surface area contributed by atoms with Crippen LogP contribution in [0.2, 0.25) is 0 Å². The van der Waals surface area contributed by atoms with Crippen LogP contribution in [0.15, 0.2) is 18.2 Å². The first-order chi connectivity index (χ1) is 8.98. The first-order valence-corrected chi connectivity index (χ1v) is 5.68. The van der Waals surface area contributed by atoms with E-state index in [0.717, 1.165) is 18.2 Å². The van der Waals surface area contributed by atoms with Gasteiger partial charge in [0.15, 0.2) is 0 Å². The molecule has 1 aromatic carbocycles. The molecule has 5 N–H and O–H groups in total. The van der Waals surface area contributed by atoms with Gasteiger partial charge in [0.25, 0.3) is 0 Å². The van der Waals surface area contributed by atoms with Crippen molar-refractivity contribution in [1.29, 1.82) is 0 Å². The highest BCUT2D eigenvalue weighted by Gasteiger charge is 2.28. The lowest BCUT2D eigenvalue weighted by Crippen LogP contribution is -2.55. The van der Waals surface area contributed by atoms with Gasteiger partial charge in [0.2, 0.25) is 0 Å². The highest BCUT2D eigenvalue weighted by atomic mass is 19.1. The van der Waals surface area contributed by atoms with Crippen LogP contribution in [0.3, 0.4) is 0 Å². The molecule has 1 unspecified atom stereocenters. The molecular formula is C12H17F2NO4. The molecular weight excluding hydrogens is 260 g/mol. The van der Waals surface area contributed by atoms with E-state index >= 15 is 0 Å². The molecule has 0 amide bonds. The number of halogens is 2. The molecule has 1 aromatic rings. The molecule has 0 radical (unpaired) electrons. The van der Waals surface area contributed by atoms with Crippen molar-refractivity contribution in [2.45, 2.75) is 11.6 Å². The summed E-state index contributed by atoms with van der Waals surface area (Å²) in [7, 11) is 0. The summed E-state index contributed by atoms with van der Waals surface area (Å²) in [4.78, 5) is 0. The number of nitrogens with one attached hydrogen (secondary N) is 1. The molecule has 0 spiro atoms. The minimum Gasteiger partial charge on any atom is -0.394 e. The Morgan fingerprint density at radius 1 is 1.11 bits per heavy atom. The minimum absolute atomic E-state index is 0.241. The number of rotatable bonds is 7. The van der Waals surface area contributed by atoms with E-state index in [-0.39, 0.29) is 12.1 Å². The fourth-order valence-electron chi connectivity index (χ4n) is 1.51. The Balaban J connectivity index is 2.74. The van der Waals surface area contributed by atoms with Crippen LogP contribution in [-0.2, 0) is 0 Å². The van der Waals surface area contributed by atoms with E-state index in [1.165, 1.54) is 0 Å². The van der Waals surface area contributed by atoms with E-state index in [0.29, 0.717) is 0 Å². The van der Waals surface area contributed by atoms with Gasteiger partial charge in [0, 0.05) is 12.1 Å². The van der Waals surface area contributed by atoms with Crippen molar-refractivity contribution in [3.63, 3.8) is 0 Å². The summed E-state index contributed by atoms with van der Waals surface area (Å²) < 4.78 is 26.3. The van der Waals surface area contributed by atoms with Gasteiger partial charge in [-0.05, 0) is 18.2 Å². The van der Waals surface area contributed by atoms with Crippen LogP contribution < -0.4 is 5.32 Å². The van der Waals surface area contributed by atoms with E-state index < -0.39 is 43.1 Å². The van der Waals surface area contributed by atoms with E-state index in [1.807, 2.05) is 0 Å². The summed E-state index contributed by atoms with van der Waals surface area (Å²) in [5.41, 5.74) is -1.62. The summed E-state index contributed by atoms with van der Waals surface area (Å²) in [5, 5.41) is 39.5. The molecule has 0 aliphatic heterocycles. The highest BCUT2D eigenvalue weighted by molar-refractivity contribution is 5.21. The average molecular weight is 277 g/mol. The lowest BCUT2D eigenvalue weighted by atomic mass is 10.0. The summed E-state index contributed by atoms with van der Waals surface area (Å²) in [5.74, 6) is -1.45. The number of aliphatic hydroxyl groups excluding tert-OH is 4. The van der Waals surface area contributed by atoms with Crippen LogP contribution in [0.1, 0.15) is 11.7 Å². The summed E-state index contributed by atoms with van der Waals surface area (Å²) >= 11 is 0. The first-order valence-electron chi connectivity index (χ1n) is 5.68. The van der Waals surface area contributed by atoms with Crippen LogP contribution in [0.25, 0.3) is 0 Å². The predicted molar refractivity (Wildman–Crippen MR) is 63.3 cm³/mol. The van der Waals surface area contributed by atoms with Crippen molar-refractivity contribution in [3.8, 4) is 0 Å². The SMILES string of the molecule is OCC(CO)(CO)NCC(O)c1cc(F)ccc1F. The Labute approximate surface area is 109 Å². The summed E-state index contributed by atoms with van der Waals surface area (Å²) in [6.45, 7) is -1.98. The molecule has 7 heteroatoms. The third-order valence-corrected chi connectivity index (χ3v) is 2.90. The summed E-state index contributed by atoms with van der Waals surface area (Å²) in [6, 6.07) is 2.68. The van der Waals surface area contributed by atoms with Gasteiger partial charge < -0.3 is 25.7 Å². The van der Waals surface area contributed by atoms with Crippen molar-refractivity contribution in [1.82, 2.24) is 5.32 Å². The van der Waals surface area contributed by atoms with Crippen LogP contribution >= 0.6 is 0 Å². The van der Waals surface area contributed by atoms with Crippen molar-refractivity contribution >= 4 is 0 Å². The number of hydrogen-bond acceptors (Lipinski definition) is 5. The van der Waals surface area contributed by atoms with E-state index in [2.05, 4.69) is 5.32 Å². The highest BCUT2D eigenvalue weighted by Crippen LogP contribution is 2.18. The van der Waals surface area contributed by atoms with Gasteiger partial charge in [-0.15, -0.1) is 0 Å². The maximum atomic E-state index is 13.4. The maximum absolute atomic E-state index is 13.4. The van der Waals surface area contributed by atoms with Crippen LogP contribution in [-0.4, -0.2) is 52.3 Å². The van der Waals surface area contributed by atoms with E-state index in [1.54, 1.807) is 0 Å². The van der Waals surface area contributed by atoms with Crippen LogP contribution in [0, 0.1) is 11.6 Å². The van der Waals surface area contributed by atoms with Crippen LogP contribution in [0.4, 0.5) is 8.78 Å². The Kier molecular flexibility index (Phi) is 5.77. The van der Waals surface area contributed by atoms with Gasteiger partial charge in [0.05, 0.1) is 31.5 Å². The lowest BCUT2D eigenvalue weighted by Gasteiger charge is -2.30.